The Bertz CT molecular complexity index is 327. The zero-order valence-electron chi connectivity index (χ0n) is 11.5. The van der Waals surface area contributed by atoms with Crippen molar-refractivity contribution in [1.29, 1.82) is 0 Å². The molecule has 1 fully saturated rings. The van der Waals surface area contributed by atoms with Gasteiger partial charge in [0, 0.05) is 10.9 Å². The van der Waals surface area contributed by atoms with Crippen molar-refractivity contribution < 1.29 is 0 Å². The highest BCUT2D eigenvalue weighted by Crippen LogP contribution is 2.19. The molecule has 0 atom stereocenters. The average Bonchev–Trinajstić information content (AvgIpc) is 2.42. The summed E-state index contributed by atoms with van der Waals surface area (Å²) >= 11 is 1.98. The molecule has 0 unspecified atom stereocenters. The average molecular weight is 263 g/mol. The minimum absolute atomic E-state index is 0.808. The summed E-state index contributed by atoms with van der Waals surface area (Å²) in [5.74, 6) is 1.22. The molecule has 1 aliphatic rings. The van der Waals surface area contributed by atoms with Gasteiger partial charge in [0.05, 0.1) is 0 Å². The molecule has 0 amide bonds. The van der Waals surface area contributed by atoms with E-state index in [0.29, 0.717) is 0 Å². The molecule has 2 heteroatoms. The molecule has 18 heavy (non-hydrogen) atoms. The number of rotatable bonds is 6. The van der Waals surface area contributed by atoms with Gasteiger partial charge in [-0.25, -0.2) is 0 Å². The van der Waals surface area contributed by atoms with Gasteiger partial charge in [0.25, 0.3) is 0 Å². The lowest BCUT2D eigenvalue weighted by Gasteiger charge is -2.22. The molecular formula is C16H25NS. The van der Waals surface area contributed by atoms with Gasteiger partial charge in [-0.3, -0.25) is 0 Å². The van der Waals surface area contributed by atoms with Crippen LogP contribution in [0.15, 0.2) is 29.2 Å². The van der Waals surface area contributed by atoms with Crippen LogP contribution in [0.2, 0.25) is 0 Å². The summed E-state index contributed by atoms with van der Waals surface area (Å²) in [5, 5.41) is 3.70. The molecule has 2 rings (SSSR count). The Morgan fingerprint density at radius 2 is 1.83 bits per heavy atom. The van der Waals surface area contributed by atoms with Crippen LogP contribution in [0.5, 0.6) is 0 Å². The van der Waals surface area contributed by atoms with E-state index in [2.05, 4.69) is 36.5 Å². The summed E-state index contributed by atoms with van der Waals surface area (Å²) in [6.45, 7) is 3.33. The molecule has 1 aliphatic carbocycles. The quantitative estimate of drug-likeness (QED) is 0.603. The molecule has 1 saturated carbocycles. The third kappa shape index (κ3) is 5.03. The number of nitrogens with one attached hydrogen (secondary N) is 1. The van der Waals surface area contributed by atoms with E-state index in [1.165, 1.54) is 61.3 Å². The van der Waals surface area contributed by atoms with Gasteiger partial charge in [-0.05, 0) is 50.6 Å². The van der Waals surface area contributed by atoms with E-state index in [4.69, 9.17) is 0 Å². The van der Waals surface area contributed by atoms with Gasteiger partial charge in [0.15, 0.2) is 0 Å². The van der Waals surface area contributed by atoms with E-state index in [9.17, 15) is 0 Å². The van der Waals surface area contributed by atoms with Crippen LogP contribution in [-0.4, -0.2) is 18.3 Å². The minimum Gasteiger partial charge on any atom is -0.314 e. The largest absolute Gasteiger partial charge is 0.314 e. The summed E-state index contributed by atoms with van der Waals surface area (Å²) in [6, 6.07) is 9.66. The zero-order valence-corrected chi connectivity index (χ0v) is 12.3. The molecule has 0 aromatic heterocycles. The fourth-order valence-corrected chi connectivity index (χ4v) is 3.36. The number of hydrogen-bond donors (Lipinski definition) is 1. The first-order valence-electron chi connectivity index (χ1n) is 7.27. The highest BCUT2D eigenvalue weighted by Gasteiger charge is 2.11. The lowest BCUT2D eigenvalue weighted by atomic mass is 9.95. The lowest BCUT2D eigenvalue weighted by molar-refractivity contribution is 0.375. The van der Waals surface area contributed by atoms with E-state index in [0.717, 1.165) is 6.04 Å². The van der Waals surface area contributed by atoms with Crippen LogP contribution < -0.4 is 5.32 Å². The van der Waals surface area contributed by atoms with Gasteiger partial charge in [0.1, 0.15) is 0 Å². The summed E-state index contributed by atoms with van der Waals surface area (Å²) in [6.07, 6.45) is 8.36. The van der Waals surface area contributed by atoms with Crippen LogP contribution in [0.4, 0.5) is 0 Å². The smallest absolute Gasteiger partial charge is 0.00721 e. The predicted molar refractivity (Wildman–Crippen MR) is 81.4 cm³/mol. The van der Waals surface area contributed by atoms with Crippen molar-refractivity contribution in [3.63, 3.8) is 0 Å². The summed E-state index contributed by atoms with van der Waals surface area (Å²) < 4.78 is 0. The van der Waals surface area contributed by atoms with Crippen LogP contribution in [0.3, 0.4) is 0 Å². The number of thioether (sulfide) groups is 1. The van der Waals surface area contributed by atoms with E-state index < -0.39 is 0 Å². The molecule has 0 spiro atoms. The Morgan fingerprint density at radius 1 is 1.11 bits per heavy atom. The van der Waals surface area contributed by atoms with Crippen molar-refractivity contribution in [3.05, 3.63) is 29.8 Å². The van der Waals surface area contributed by atoms with E-state index >= 15 is 0 Å². The van der Waals surface area contributed by atoms with Crippen molar-refractivity contribution in [1.82, 2.24) is 5.32 Å². The molecule has 0 radical (unpaired) electrons. The topological polar surface area (TPSA) is 12.0 Å². The van der Waals surface area contributed by atoms with Crippen LogP contribution in [-0.2, 0) is 0 Å². The second kappa shape index (κ2) is 7.85. The summed E-state index contributed by atoms with van der Waals surface area (Å²) in [4.78, 5) is 1.40. The Balaban J connectivity index is 1.54. The fourth-order valence-electron chi connectivity index (χ4n) is 2.51. The Morgan fingerprint density at radius 3 is 2.56 bits per heavy atom. The lowest BCUT2D eigenvalue weighted by Crippen LogP contribution is -2.31. The molecule has 0 bridgehead atoms. The van der Waals surface area contributed by atoms with Crippen molar-refractivity contribution >= 4 is 11.8 Å². The highest BCUT2D eigenvalue weighted by molar-refractivity contribution is 7.99. The molecule has 1 N–H and O–H groups in total. The van der Waals surface area contributed by atoms with E-state index in [1.54, 1.807) is 0 Å². The van der Waals surface area contributed by atoms with Crippen LogP contribution in [0, 0.1) is 6.92 Å². The monoisotopic (exact) mass is 263 g/mol. The zero-order chi connectivity index (χ0) is 12.6. The van der Waals surface area contributed by atoms with Gasteiger partial charge >= 0.3 is 0 Å². The normalized spacial score (nSPS) is 16.9. The Labute approximate surface area is 116 Å². The Hall–Kier alpha value is -0.470. The fraction of sp³-hybridized carbons (Fsp3) is 0.625. The van der Waals surface area contributed by atoms with Crippen molar-refractivity contribution in [2.75, 3.05) is 12.3 Å². The van der Waals surface area contributed by atoms with Crippen LogP contribution in [0.25, 0.3) is 0 Å². The van der Waals surface area contributed by atoms with Crippen LogP contribution >= 0.6 is 11.8 Å². The first-order chi connectivity index (χ1) is 8.84. The third-order valence-corrected chi connectivity index (χ3v) is 4.75. The predicted octanol–water partition coefficient (Wildman–Crippen LogP) is 4.40. The van der Waals surface area contributed by atoms with E-state index in [-0.39, 0.29) is 0 Å². The van der Waals surface area contributed by atoms with E-state index in [1.807, 2.05) is 11.8 Å². The van der Waals surface area contributed by atoms with Crippen LogP contribution in [0.1, 0.15) is 44.1 Å². The second-order valence-electron chi connectivity index (χ2n) is 5.30. The Kier molecular flexibility index (Phi) is 6.09. The van der Waals surface area contributed by atoms with Gasteiger partial charge in [-0.1, -0.05) is 37.0 Å². The maximum absolute atomic E-state index is 3.70. The molecule has 1 aromatic rings. The summed E-state index contributed by atoms with van der Waals surface area (Å²) in [7, 11) is 0. The number of aryl methyl sites for hydroxylation is 1. The molecule has 1 aromatic carbocycles. The van der Waals surface area contributed by atoms with Crippen molar-refractivity contribution in [2.45, 2.75) is 56.4 Å². The molecule has 100 valence electrons. The van der Waals surface area contributed by atoms with Gasteiger partial charge in [-0.2, -0.15) is 0 Å². The SMILES string of the molecule is Cc1ccc(SCCCNC2CCCCC2)cc1. The number of hydrogen-bond acceptors (Lipinski definition) is 2. The molecule has 0 heterocycles. The highest BCUT2D eigenvalue weighted by atomic mass is 32.2. The molecule has 1 nitrogen and oxygen atoms in total. The van der Waals surface area contributed by atoms with Gasteiger partial charge in [0.2, 0.25) is 0 Å². The first kappa shape index (κ1) is 14.0. The second-order valence-corrected chi connectivity index (χ2v) is 6.47. The summed E-state index contributed by atoms with van der Waals surface area (Å²) in [5.41, 5.74) is 1.35. The molecule has 0 aliphatic heterocycles. The minimum atomic E-state index is 0.808. The van der Waals surface area contributed by atoms with Gasteiger partial charge in [-0.15, -0.1) is 11.8 Å². The van der Waals surface area contributed by atoms with Gasteiger partial charge < -0.3 is 5.32 Å². The standard InChI is InChI=1S/C16H25NS/c1-14-8-10-16(11-9-14)18-13-5-12-17-15-6-3-2-4-7-15/h8-11,15,17H,2-7,12-13H2,1H3. The molecule has 0 saturated heterocycles. The first-order valence-corrected chi connectivity index (χ1v) is 8.26. The van der Waals surface area contributed by atoms with Crippen molar-refractivity contribution in [2.24, 2.45) is 0 Å². The van der Waals surface area contributed by atoms with Crippen molar-refractivity contribution in [3.8, 4) is 0 Å². The number of benzene rings is 1. The molecular weight excluding hydrogens is 238 g/mol. The third-order valence-electron chi connectivity index (χ3n) is 3.65. The maximum atomic E-state index is 3.70. The maximum Gasteiger partial charge on any atom is 0.00721 e.